The lowest BCUT2D eigenvalue weighted by atomic mass is 9.98. The molecule has 0 bridgehead atoms. The third-order valence-corrected chi connectivity index (χ3v) is 7.01. The molecule has 6 nitrogen and oxygen atoms in total. The molecule has 4 aromatic rings. The Morgan fingerprint density at radius 1 is 0.939 bits per heavy atom. The van der Waals surface area contributed by atoms with Crippen LogP contribution in [0.2, 0.25) is 0 Å². The average Bonchev–Trinajstić information content (AvgIpc) is 3.25. The molecule has 33 heavy (non-hydrogen) atoms. The zero-order valence-electron chi connectivity index (χ0n) is 17.7. The maximum Gasteiger partial charge on any atom is 0.408 e. The van der Waals surface area contributed by atoms with Crippen LogP contribution in [0.15, 0.2) is 79.0 Å². The third-order valence-electron chi connectivity index (χ3n) is 7.01. The van der Waals surface area contributed by atoms with Crippen LogP contribution in [0.5, 0.6) is 0 Å². The molecule has 2 aliphatic carbocycles. The first-order chi connectivity index (χ1) is 16.1. The van der Waals surface area contributed by atoms with Gasteiger partial charge in [-0.05, 0) is 40.3 Å². The van der Waals surface area contributed by atoms with Crippen molar-refractivity contribution in [3.05, 3.63) is 95.7 Å². The molecule has 1 fully saturated rings. The van der Waals surface area contributed by atoms with Gasteiger partial charge >= 0.3 is 12.1 Å². The van der Waals surface area contributed by atoms with E-state index in [9.17, 15) is 14.7 Å². The molecule has 1 amide bonds. The van der Waals surface area contributed by atoms with Gasteiger partial charge in [0.25, 0.3) is 0 Å². The highest BCUT2D eigenvalue weighted by molar-refractivity contribution is 5.93. The van der Waals surface area contributed by atoms with Gasteiger partial charge < -0.3 is 20.1 Å². The van der Waals surface area contributed by atoms with Crippen molar-refractivity contribution < 1.29 is 19.4 Å². The molecule has 2 aliphatic rings. The van der Waals surface area contributed by atoms with E-state index in [4.69, 9.17) is 4.74 Å². The molecule has 0 aliphatic heterocycles. The van der Waals surface area contributed by atoms with Crippen LogP contribution in [0.3, 0.4) is 0 Å². The van der Waals surface area contributed by atoms with Gasteiger partial charge in [0.05, 0.1) is 0 Å². The van der Waals surface area contributed by atoms with Crippen molar-refractivity contribution in [2.24, 2.45) is 0 Å². The van der Waals surface area contributed by atoms with Crippen molar-refractivity contribution >= 4 is 23.0 Å². The van der Waals surface area contributed by atoms with E-state index in [1.54, 1.807) is 0 Å². The summed E-state index contributed by atoms with van der Waals surface area (Å²) < 4.78 is 5.60. The number of ether oxygens (including phenoxy) is 1. The van der Waals surface area contributed by atoms with Gasteiger partial charge in [-0.2, -0.15) is 0 Å². The molecule has 1 saturated carbocycles. The molecule has 1 aromatic heterocycles. The number of para-hydroxylation sites is 1. The molecule has 0 saturated heterocycles. The second-order valence-corrected chi connectivity index (χ2v) is 8.77. The summed E-state index contributed by atoms with van der Waals surface area (Å²) in [5, 5.41) is 13.6. The first kappa shape index (κ1) is 19.6. The predicted molar refractivity (Wildman–Crippen MR) is 124 cm³/mol. The Kier molecular flexibility index (Phi) is 4.30. The smallest absolute Gasteiger partial charge is 0.408 e. The van der Waals surface area contributed by atoms with Crippen molar-refractivity contribution in [2.45, 2.75) is 23.8 Å². The lowest BCUT2D eigenvalue weighted by Gasteiger charge is -2.18. The van der Waals surface area contributed by atoms with Gasteiger partial charge in [0.2, 0.25) is 0 Å². The van der Waals surface area contributed by atoms with Crippen molar-refractivity contribution in [2.75, 3.05) is 6.61 Å². The number of fused-ring (bicyclic) bond motifs is 4. The maximum absolute atomic E-state index is 12.8. The number of carboxylic acids is 1. The van der Waals surface area contributed by atoms with Crippen LogP contribution in [0.25, 0.3) is 22.0 Å². The Bertz CT molecular complexity index is 1360. The second-order valence-electron chi connectivity index (χ2n) is 8.77. The molecule has 3 aromatic carbocycles. The molecule has 6 heteroatoms. The van der Waals surface area contributed by atoms with Crippen LogP contribution in [-0.2, 0) is 9.53 Å². The lowest BCUT2D eigenvalue weighted by molar-refractivity contribution is -0.140. The topological polar surface area (TPSA) is 91.4 Å². The van der Waals surface area contributed by atoms with Crippen LogP contribution in [-0.4, -0.2) is 34.3 Å². The number of aromatic amines is 1. The standard InChI is InChI=1S/C27H22N2O4/c30-25(31)27(13-23(27)21-14-28-24-12-6-5-11-20(21)24)29-26(32)33-15-22-18-9-3-1-7-16(18)17-8-2-4-10-19(17)22/h1-12,14,22-23,28H,13,15H2,(H,29,32)(H,30,31)/t23-,27?/m0/s1. The van der Waals surface area contributed by atoms with E-state index in [-0.39, 0.29) is 18.4 Å². The molecule has 6 rings (SSSR count). The number of nitrogens with one attached hydrogen (secondary N) is 2. The van der Waals surface area contributed by atoms with Crippen LogP contribution < -0.4 is 5.32 Å². The van der Waals surface area contributed by atoms with Crippen LogP contribution in [0.4, 0.5) is 4.79 Å². The Labute approximate surface area is 190 Å². The fourth-order valence-corrected chi connectivity index (χ4v) is 5.27. The molecular weight excluding hydrogens is 416 g/mol. The monoisotopic (exact) mass is 438 g/mol. The van der Waals surface area contributed by atoms with Gasteiger partial charge in [-0.25, -0.2) is 9.59 Å². The third kappa shape index (κ3) is 3.02. The van der Waals surface area contributed by atoms with Gasteiger partial charge in [0.15, 0.2) is 0 Å². The molecule has 3 N–H and O–H groups in total. The summed E-state index contributed by atoms with van der Waals surface area (Å²) in [6, 6.07) is 24.0. The predicted octanol–water partition coefficient (Wildman–Crippen LogP) is 5.02. The fraction of sp³-hybridized carbons (Fsp3) is 0.185. The van der Waals surface area contributed by atoms with Crippen LogP contribution >= 0.6 is 0 Å². The summed E-state index contributed by atoms with van der Waals surface area (Å²) in [7, 11) is 0. The Morgan fingerprint density at radius 2 is 1.58 bits per heavy atom. The van der Waals surface area contributed by atoms with E-state index >= 15 is 0 Å². The summed E-state index contributed by atoms with van der Waals surface area (Å²) in [5.74, 6) is -1.44. The van der Waals surface area contributed by atoms with Gasteiger partial charge in [0, 0.05) is 28.9 Å². The van der Waals surface area contributed by atoms with E-state index in [0.717, 1.165) is 38.7 Å². The number of carbonyl (C=O) groups is 2. The van der Waals surface area contributed by atoms with E-state index in [1.807, 2.05) is 66.9 Å². The molecular formula is C27H22N2O4. The number of hydrogen-bond acceptors (Lipinski definition) is 3. The second kappa shape index (κ2) is 7.24. The quantitative estimate of drug-likeness (QED) is 0.408. The zero-order chi connectivity index (χ0) is 22.6. The number of rotatable bonds is 5. The largest absolute Gasteiger partial charge is 0.479 e. The number of hydrogen-bond donors (Lipinski definition) is 3. The number of carbonyl (C=O) groups excluding carboxylic acids is 1. The number of alkyl carbamates (subject to hydrolysis) is 1. The van der Waals surface area contributed by atoms with Gasteiger partial charge in [-0.3, -0.25) is 0 Å². The normalized spacial score (nSPS) is 20.8. The SMILES string of the molecule is O=C(NC1(C(=O)O)C[C@H]1c1c[nH]c2ccccc12)OCC1c2ccccc2-c2ccccc21. The van der Waals surface area contributed by atoms with Gasteiger partial charge in [-0.15, -0.1) is 0 Å². The van der Waals surface area contributed by atoms with Crippen molar-refractivity contribution in [3.8, 4) is 11.1 Å². The number of amides is 1. The molecule has 164 valence electrons. The summed E-state index contributed by atoms with van der Waals surface area (Å²) in [6.45, 7) is 0.146. The minimum absolute atomic E-state index is 0.0763. The summed E-state index contributed by atoms with van der Waals surface area (Å²) in [5.41, 5.74) is 5.00. The summed E-state index contributed by atoms with van der Waals surface area (Å²) >= 11 is 0. The Hall–Kier alpha value is -4.06. The molecule has 0 spiro atoms. The van der Waals surface area contributed by atoms with Gasteiger partial charge in [-0.1, -0.05) is 66.7 Å². The van der Waals surface area contributed by atoms with Gasteiger partial charge in [0.1, 0.15) is 12.1 Å². The number of aliphatic carboxylic acids is 1. The lowest BCUT2D eigenvalue weighted by Crippen LogP contribution is -2.45. The Morgan fingerprint density at radius 3 is 2.27 bits per heavy atom. The van der Waals surface area contributed by atoms with Crippen molar-refractivity contribution in [1.29, 1.82) is 0 Å². The van der Waals surface area contributed by atoms with E-state index in [1.165, 1.54) is 0 Å². The number of aromatic nitrogens is 1. The average molecular weight is 438 g/mol. The van der Waals surface area contributed by atoms with E-state index < -0.39 is 17.6 Å². The summed E-state index contributed by atoms with van der Waals surface area (Å²) in [6.07, 6.45) is 1.45. The fourth-order valence-electron chi connectivity index (χ4n) is 5.27. The minimum atomic E-state index is -1.35. The Balaban J connectivity index is 1.20. The van der Waals surface area contributed by atoms with Crippen LogP contribution in [0, 0.1) is 0 Å². The highest BCUT2D eigenvalue weighted by atomic mass is 16.5. The van der Waals surface area contributed by atoms with Crippen molar-refractivity contribution in [3.63, 3.8) is 0 Å². The molecule has 1 heterocycles. The highest BCUT2D eigenvalue weighted by Crippen LogP contribution is 2.53. The first-order valence-corrected chi connectivity index (χ1v) is 11.0. The van der Waals surface area contributed by atoms with Crippen LogP contribution in [0.1, 0.15) is 34.9 Å². The minimum Gasteiger partial charge on any atom is -0.479 e. The zero-order valence-corrected chi connectivity index (χ0v) is 17.7. The number of H-pyrrole nitrogens is 1. The highest BCUT2D eigenvalue weighted by Gasteiger charge is 2.63. The first-order valence-electron chi connectivity index (χ1n) is 11.0. The molecule has 2 atom stereocenters. The van der Waals surface area contributed by atoms with Crippen molar-refractivity contribution in [1.82, 2.24) is 10.3 Å². The number of carboxylic acid groups (broad SMARTS) is 1. The van der Waals surface area contributed by atoms with E-state index in [2.05, 4.69) is 22.4 Å². The molecule has 0 radical (unpaired) electrons. The summed E-state index contributed by atoms with van der Waals surface area (Å²) in [4.78, 5) is 28.1. The van der Waals surface area contributed by atoms with E-state index in [0.29, 0.717) is 6.42 Å². The number of benzene rings is 3. The maximum atomic E-state index is 12.8. The molecule has 1 unspecified atom stereocenters.